The minimum Gasteiger partial charge on any atom is -0.320 e. The normalized spacial score (nSPS) is 11.1. The number of nitrogens with one attached hydrogen (secondary N) is 1. The molecule has 0 spiro atoms. The molecule has 1 rings (SSSR count). The van der Waals surface area contributed by atoms with Crippen LogP contribution in [0.5, 0.6) is 0 Å². The van der Waals surface area contributed by atoms with Gasteiger partial charge in [0.1, 0.15) is 0 Å². The second-order valence-corrected chi connectivity index (χ2v) is 7.08. The first-order chi connectivity index (χ1) is 9.34. The van der Waals surface area contributed by atoms with E-state index in [1.165, 1.54) is 0 Å². The van der Waals surface area contributed by atoms with Crippen molar-refractivity contribution < 1.29 is 8.42 Å². The van der Waals surface area contributed by atoms with Crippen molar-refractivity contribution in [3.05, 3.63) is 28.8 Å². The second-order valence-electron chi connectivity index (χ2n) is 4.80. The molecular formula is C14H19ClN2O2S. The fourth-order valence-corrected chi connectivity index (χ4v) is 3.03. The van der Waals surface area contributed by atoms with Crippen molar-refractivity contribution >= 4 is 27.3 Å². The highest BCUT2D eigenvalue weighted by molar-refractivity contribution is 7.92. The summed E-state index contributed by atoms with van der Waals surface area (Å²) in [6.07, 6.45) is 0.604. The Hall–Kier alpha value is -1.22. The maximum Gasteiger partial charge on any atom is 0.232 e. The van der Waals surface area contributed by atoms with Crippen LogP contribution in [-0.4, -0.2) is 20.7 Å². The number of sulfonamides is 1. The van der Waals surface area contributed by atoms with Gasteiger partial charge in [0.25, 0.3) is 0 Å². The number of nitrogens with two attached hydrogens (primary N) is 1. The zero-order valence-electron chi connectivity index (χ0n) is 11.6. The van der Waals surface area contributed by atoms with E-state index in [4.69, 9.17) is 17.3 Å². The lowest BCUT2D eigenvalue weighted by Gasteiger charge is -2.11. The predicted molar refractivity (Wildman–Crippen MR) is 84.2 cm³/mol. The van der Waals surface area contributed by atoms with Crippen LogP contribution in [0, 0.1) is 17.8 Å². The minimum atomic E-state index is -3.38. The molecule has 6 heteroatoms. The zero-order chi connectivity index (χ0) is 15.2. The van der Waals surface area contributed by atoms with Crippen molar-refractivity contribution in [3.8, 4) is 11.8 Å². The lowest BCUT2D eigenvalue weighted by Crippen LogP contribution is -2.18. The summed E-state index contributed by atoms with van der Waals surface area (Å²) >= 11 is 5.89. The van der Waals surface area contributed by atoms with Gasteiger partial charge in [0.15, 0.2) is 0 Å². The zero-order valence-corrected chi connectivity index (χ0v) is 13.2. The third-order valence-electron chi connectivity index (χ3n) is 2.54. The van der Waals surface area contributed by atoms with E-state index in [1.807, 2.05) is 13.8 Å². The number of benzene rings is 1. The van der Waals surface area contributed by atoms with Crippen molar-refractivity contribution in [1.29, 1.82) is 0 Å². The average molecular weight is 315 g/mol. The first-order valence-corrected chi connectivity index (χ1v) is 8.36. The number of hydrogen-bond acceptors (Lipinski definition) is 3. The van der Waals surface area contributed by atoms with Gasteiger partial charge in [-0.3, -0.25) is 4.72 Å². The van der Waals surface area contributed by atoms with Crippen molar-refractivity contribution in [2.24, 2.45) is 11.7 Å². The third kappa shape index (κ3) is 5.83. The van der Waals surface area contributed by atoms with Gasteiger partial charge in [-0.15, -0.1) is 0 Å². The van der Waals surface area contributed by atoms with Crippen LogP contribution in [0.4, 0.5) is 5.69 Å². The highest BCUT2D eigenvalue weighted by Crippen LogP contribution is 2.21. The Morgan fingerprint density at radius 2 is 2.10 bits per heavy atom. The summed E-state index contributed by atoms with van der Waals surface area (Å²) < 4.78 is 26.5. The van der Waals surface area contributed by atoms with Gasteiger partial charge in [0.2, 0.25) is 10.0 Å². The maximum atomic E-state index is 12.0. The lowest BCUT2D eigenvalue weighted by atomic mass is 10.2. The Morgan fingerprint density at radius 3 is 2.70 bits per heavy atom. The van der Waals surface area contributed by atoms with Crippen molar-refractivity contribution in [2.45, 2.75) is 20.3 Å². The summed E-state index contributed by atoms with van der Waals surface area (Å²) in [5, 5.41) is 0.497. The Morgan fingerprint density at radius 1 is 1.40 bits per heavy atom. The minimum absolute atomic E-state index is 0.0804. The van der Waals surface area contributed by atoms with Gasteiger partial charge in [-0.05, 0) is 30.5 Å². The first kappa shape index (κ1) is 16.8. The summed E-state index contributed by atoms with van der Waals surface area (Å²) in [6.45, 7) is 4.16. The van der Waals surface area contributed by atoms with Gasteiger partial charge in [-0.2, -0.15) is 0 Å². The molecule has 3 N–H and O–H groups in total. The molecule has 4 nitrogen and oxygen atoms in total. The molecule has 20 heavy (non-hydrogen) atoms. The molecule has 0 bridgehead atoms. The number of anilines is 1. The smallest absolute Gasteiger partial charge is 0.232 e. The molecule has 1 aromatic carbocycles. The average Bonchev–Trinajstić information content (AvgIpc) is 2.37. The molecule has 0 amide bonds. The molecule has 0 aliphatic heterocycles. The van der Waals surface area contributed by atoms with Crippen molar-refractivity contribution in [3.63, 3.8) is 0 Å². The van der Waals surface area contributed by atoms with Gasteiger partial charge < -0.3 is 5.73 Å². The van der Waals surface area contributed by atoms with E-state index < -0.39 is 10.0 Å². The van der Waals surface area contributed by atoms with E-state index >= 15 is 0 Å². The van der Waals surface area contributed by atoms with Gasteiger partial charge in [0, 0.05) is 5.02 Å². The molecule has 0 saturated carbocycles. The van der Waals surface area contributed by atoms with E-state index in [9.17, 15) is 8.42 Å². The Labute approximate surface area is 125 Å². The Bertz CT molecular complexity index is 616. The van der Waals surface area contributed by atoms with Crippen LogP contribution in [0.1, 0.15) is 25.8 Å². The molecular weight excluding hydrogens is 296 g/mol. The van der Waals surface area contributed by atoms with E-state index in [2.05, 4.69) is 16.6 Å². The summed E-state index contributed by atoms with van der Waals surface area (Å²) in [5.41, 5.74) is 6.28. The monoisotopic (exact) mass is 314 g/mol. The standard InChI is InChI=1S/C14H19ClN2O2S/c1-11(2)7-9-20(18,19)17-14-6-5-13(15)10-12(14)4-3-8-16/h5-6,10-11,17H,7-9,16H2,1-2H3. The summed E-state index contributed by atoms with van der Waals surface area (Å²) in [7, 11) is -3.38. The third-order valence-corrected chi connectivity index (χ3v) is 4.08. The summed E-state index contributed by atoms with van der Waals surface area (Å²) in [5.74, 6) is 5.91. The Kier molecular flexibility index (Phi) is 6.34. The Balaban J connectivity index is 2.96. The van der Waals surface area contributed by atoms with Crippen LogP contribution >= 0.6 is 11.6 Å². The van der Waals surface area contributed by atoms with Crippen LogP contribution in [-0.2, 0) is 10.0 Å². The van der Waals surface area contributed by atoms with Gasteiger partial charge in [0.05, 0.1) is 23.5 Å². The lowest BCUT2D eigenvalue weighted by molar-refractivity contribution is 0.578. The molecule has 0 fully saturated rings. The fourth-order valence-electron chi connectivity index (χ4n) is 1.46. The highest BCUT2D eigenvalue weighted by Gasteiger charge is 2.13. The molecule has 0 aliphatic rings. The molecule has 110 valence electrons. The quantitative estimate of drug-likeness (QED) is 0.820. The van der Waals surface area contributed by atoms with Crippen molar-refractivity contribution in [2.75, 3.05) is 17.0 Å². The molecule has 0 aromatic heterocycles. The van der Waals surface area contributed by atoms with E-state index in [1.54, 1.807) is 18.2 Å². The SMILES string of the molecule is CC(C)CCS(=O)(=O)Nc1ccc(Cl)cc1C#CCN. The molecule has 0 saturated heterocycles. The fraction of sp³-hybridized carbons (Fsp3) is 0.429. The summed E-state index contributed by atoms with van der Waals surface area (Å²) in [4.78, 5) is 0. The van der Waals surface area contributed by atoms with Crippen LogP contribution in [0.25, 0.3) is 0 Å². The van der Waals surface area contributed by atoms with Crippen molar-refractivity contribution in [1.82, 2.24) is 0 Å². The molecule has 0 unspecified atom stereocenters. The van der Waals surface area contributed by atoms with E-state index in [-0.39, 0.29) is 12.3 Å². The van der Waals surface area contributed by atoms with E-state index in [0.29, 0.717) is 28.6 Å². The maximum absolute atomic E-state index is 12.0. The number of halogens is 1. The predicted octanol–water partition coefficient (Wildman–Crippen LogP) is 2.44. The van der Waals surface area contributed by atoms with Crippen LogP contribution in [0.3, 0.4) is 0 Å². The van der Waals surface area contributed by atoms with Crippen LogP contribution < -0.4 is 10.5 Å². The molecule has 0 heterocycles. The molecule has 0 atom stereocenters. The molecule has 1 aromatic rings. The van der Waals surface area contributed by atoms with Gasteiger partial charge in [-0.25, -0.2) is 8.42 Å². The topological polar surface area (TPSA) is 72.2 Å². The summed E-state index contributed by atoms with van der Waals surface area (Å²) in [6, 6.07) is 4.84. The molecule has 0 aliphatic carbocycles. The van der Waals surface area contributed by atoms with Gasteiger partial charge >= 0.3 is 0 Å². The molecule has 0 radical (unpaired) electrons. The largest absolute Gasteiger partial charge is 0.320 e. The van der Waals surface area contributed by atoms with Gasteiger partial charge in [-0.1, -0.05) is 37.3 Å². The van der Waals surface area contributed by atoms with E-state index in [0.717, 1.165) is 0 Å². The number of rotatable bonds is 5. The van der Waals surface area contributed by atoms with Crippen LogP contribution in [0.15, 0.2) is 18.2 Å². The number of hydrogen-bond donors (Lipinski definition) is 2. The highest BCUT2D eigenvalue weighted by atomic mass is 35.5. The van der Waals surface area contributed by atoms with Crippen LogP contribution in [0.2, 0.25) is 5.02 Å². The first-order valence-electron chi connectivity index (χ1n) is 6.33. The second kappa shape index (κ2) is 7.53.